The van der Waals surface area contributed by atoms with Crippen molar-refractivity contribution in [2.24, 2.45) is 5.92 Å². The molecule has 0 bridgehead atoms. The Hall–Kier alpha value is -1.60. The summed E-state index contributed by atoms with van der Waals surface area (Å²) in [4.78, 5) is 12.9. The zero-order valence-corrected chi connectivity index (χ0v) is 19.5. The molecule has 1 aliphatic carbocycles. The van der Waals surface area contributed by atoms with Crippen LogP contribution < -0.4 is 5.32 Å². The Kier molecular flexibility index (Phi) is 6.92. The van der Waals surface area contributed by atoms with Gasteiger partial charge in [-0.15, -0.1) is 0 Å². The van der Waals surface area contributed by atoms with Gasteiger partial charge < -0.3 is 5.32 Å². The number of hydrogen-bond donors (Lipinski definition) is 1. The quantitative estimate of drug-likeness (QED) is 0.672. The van der Waals surface area contributed by atoms with Crippen molar-refractivity contribution in [1.29, 1.82) is 0 Å². The van der Waals surface area contributed by atoms with Crippen LogP contribution in [-0.2, 0) is 27.0 Å². The van der Waals surface area contributed by atoms with Crippen molar-refractivity contribution in [2.45, 2.75) is 43.9 Å². The predicted octanol–water partition coefficient (Wildman–Crippen LogP) is 4.73. The standard InChI is InChI=1S/C23H26Cl2N2O3S/c24-19-9-8-18(21(25)14-19)15-31(29,30)27-12-10-17(11-13-27)23(28)26-22-7-3-5-16-4-1-2-6-20(16)22/h1-2,4,6,8-9,14,17,22H,3,5,7,10-13,15H2,(H,26,28)/t22-/m1/s1. The topological polar surface area (TPSA) is 66.5 Å². The molecule has 1 fully saturated rings. The van der Waals surface area contributed by atoms with Gasteiger partial charge in [0.2, 0.25) is 15.9 Å². The first kappa shape index (κ1) is 22.6. The summed E-state index contributed by atoms with van der Waals surface area (Å²) in [6.45, 7) is 0.680. The number of amides is 1. The maximum absolute atomic E-state index is 12.9. The van der Waals surface area contributed by atoms with Crippen LogP contribution in [-0.4, -0.2) is 31.7 Å². The summed E-state index contributed by atoms with van der Waals surface area (Å²) in [7, 11) is -3.51. The van der Waals surface area contributed by atoms with E-state index < -0.39 is 10.0 Å². The Morgan fingerprint density at radius 2 is 1.81 bits per heavy atom. The molecule has 1 amide bonds. The van der Waals surface area contributed by atoms with Crippen molar-refractivity contribution in [2.75, 3.05) is 13.1 Å². The maximum Gasteiger partial charge on any atom is 0.223 e. The number of halogens is 2. The van der Waals surface area contributed by atoms with Gasteiger partial charge in [0.1, 0.15) is 0 Å². The summed E-state index contributed by atoms with van der Waals surface area (Å²) in [5.74, 6) is -0.308. The molecule has 2 aromatic carbocycles. The van der Waals surface area contributed by atoms with E-state index in [9.17, 15) is 13.2 Å². The molecule has 31 heavy (non-hydrogen) atoms. The van der Waals surface area contributed by atoms with E-state index in [0.717, 1.165) is 19.3 Å². The van der Waals surface area contributed by atoms with Crippen molar-refractivity contribution in [3.05, 3.63) is 69.2 Å². The molecule has 0 aromatic heterocycles. The molecule has 1 aliphatic heterocycles. The summed E-state index contributed by atoms with van der Waals surface area (Å²) >= 11 is 12.0. The number of piperidine rings is 1. The lowest BCUT2D eigenvalue weighted by atomic mass is 9.87. The fourth-order valence-electron chi connectivity index (χ4n) is 4.52. The SMILES string of the molecule is O=C(N[C@@H]1CCCc2ccccc21)C1CCN(S(=O)(=O)Cc2ccc(Cl)cc2Cl)CC1. The number of sulfonamides is 1. The minimum Gasteiger partial charge on any atom is -0.349 e. The molecule has 2 aromatic rings. The van der Waals surface area contributed by atoms with Crippen LogP contribution in [0.1, 0.15) is 48.4 Å². The second-order valence-corrected chi connectivity index (χ2v) is 11.1. The molecular weight excluding hydrogens is 455 g/mol. The zero-order valence-electron chi connectivity index (χ0n) is 17.2. The monoisotopic (exact) mass is 480 g/mol. The van der Waals surface area contributed by atoms with E-state index in [-0.39, 0.29) is 23.6 Å². The molecule has 1 atom stereocenters. The van der Waals surface area contributed by atoms with Gasteiger partial charge in [-0.1, -0.05) is 53.5 Å². The van der Waals surface area contributed by atoms with Gasteiger partial charge in [-0.05, 0) is 60.9 Å². The highest BCUT2D eigenvalue weighted by Crippen LogP contribution is 2.31. The highest BCUT2D eigenvalue weighted by molar-refractivity contribution is 7.88. The van der Waals surface area contributed by atoms with Crippen LogP contribution >= 0.6 is 23.2 Å². The fraction of sp³-hybridized carbons (Fsp3) is 0.435. The summed E-state index contributed by atoms with van der Waals surface area (Å²) in [6.07, 6.45) is 4.10. The summed E-state index contributed by atoms with van der Waals surface area (Å²) in [5, 5.41) is 4.03. The molecule has 1 saturated heterocycles. The molecular formula is C23H26Cl2N2O3S. The molecule has 1 heterocycles. The number of carbonyl (C=O) groups is 1. The third-order valence-electron chi connectivity index (χ3n) is 6.26. The number of benzene rings is 2. The first-order chi connectivity index (χ1) is 14.8. The van der Waals surface area contributed by atoms with Crippen LogP contribution in [0.4, 0.5) is 0 Å². The normalized spacial score (nSPS) is 20.3. The molecule has 5 nitrogen and oxygen atoms in total. The van der Waals surface area contributed by atoms with Gasteiger partial charge in [-0.3, -0.25) is 4.79 Å². The summed E-state index contributed by atoms with van der Waals surface area (Å²) < 4.78 is 27.2. The Morgan fingerprint density at radius 1 is 1.06 bits per heavy atom. The largest absolute Gasteiger partial charge is 0.349 e. The van der Waals surface area contributed by atoms with Gasteiger partial charge >= 0.3 is 0 Å². The smallest absolute Gasteiger partial charge is 0.223 e. The molecule has 0 radical (unpaired) electrons. The van der Waals surface area contributed by atoms with Crippen molar-refractivity contribution < 1.29 is 13.2 Å². The van der Waals surface area contributed by atoms with Gasteiger partial charge in [0.25, 0.3) is 0 Å². The minimum atomic E-state index is -3.51. The van der Waals surface area contributed by atoms with E-state index in [1.807, 2.05) is 12.1 Å². The average Bonchev–Trinajstić information content (AvgIpc) is 2.76. The number of aryl methyl sites for hydroxylation is 1. The van der Waals surface area contributed by atoms with Crippen LogP contribution in [0.2, 0.25) is 10.0 Å². The lowest BCUT2D eigenvalue weighted by Crippen LogP contribution is -2.44. The van der Waals surface area contributed by atoms with E-state index in [1.165, 1.54) is 15.4 Å². The highest BCUT2D eigenvalue weighted by Gasteiger charge is 2.33. The van der Waals surface area contributed by atoms with Crippen molar-refractivity contribution in [3.63, 3.8) is 0 Å². The highest BCUT2D eigenvalue weighted by atomic mass is 35.5. The van der Waals surface area contributed by atoms with E-state index >= 15 is 0 Å². The van der Waals surface area contributed by atoms with Gasteiger partial charge in [0, 0.05) is 29.1 Å². The van der Waals surface area contributed by atoms with E-state index in [2.05, 4.69) is 17.4 Å². The predicted molar refractivity (Wildman–Crippen MR) is 124 cm³/mol. The van der Waals surface area contributed by atoms with Gasteiger partial charge in [-0.25, -0.2) is 12.7 Å². The lowest BCUT2D eigenvalue weighted by molar-refractivity contribution is -0.127. The Labute approximate surface area is 193 Å². The minimum absolute atomic E-state index is 0.0273. The van der Waals surface area contributed by atoms with E-state index in [1.54, 1.807) is 18.2 Å². The molecule has 8 heteroatoms. The van der Waals surface area contributed by atoms with Crippen LogP contribution in [0.25, 0.3) is 0 Å². The average molecular weight is 481 g/mol. The van der Waals surface area contributed by atoms with E-state index in [0.29, 0.717) is 41.5 Å². The second-order valence-electron chi connectivity index (χ2n) is 8.32. The number of hydrogen-bond acceptors (Lipinski definition) is 3. The van der Waals surface area contributed by atoms with Crippen LogP contribution in [0.5, 0.6) is 0 Å². The van der Waals surface area contributed by atoms with Gasteiger partial charge in [0.15, 0.2) is 0 Å². The number of fused-ring (bicyclic) bond motifs is 1. The molecule has 2 aliphatic rings. The third-order valence-corrected chi connectivity index (χ3v) is 8.67. The maximum atomic E-state index is 12.9. The zero-order chi connectivity index (χ0) is 22.0. The van der Waals surface area contributed by atoms with Gasteiger partial charge in [-0.2, -0.15) is 0 Å². The molecule has 0 unspecified atom stereocenters. The molecule has 4 rings (SSSR count). The molecule has 0 saturated carbocycles. The number of nitrogens with zero attached hydrogens (tertiary/aromatic N) is 1. The van der Waals surface area contributed by atoms with Gasteiger partial charge in [0.05, 0.1) is 11.8 Å². The summed E-state index contributed by atoms with van der Waals surface area (Å²) in [6, 6.07) is 13.2. The molecule has 0 spiro atoms. The van der Waals surface area contributed by atoms with Crippen LogP contribution in [0.3, 0.4) is 0 Å². The van der Waals surface area contributed by atoms with E-state index in [4.69, 9.17) is 23.2 Å². The fourth-order valence-corrected chi connectivity index (χ4v) is 6.67. The van der Waals surface area contributed by atoms with Crippen LogP contribution in [0, 0.1) is 5.92 Å². The lowest BCUT2D eigenvalue weighted by Gasteiger charge is -2.32. The number of nitrogens with one attached hydrogen (secondary N) is 1. The van der Waals surface area contributed by atoms with Crippen molar-refractivity contribution in [3.8, 4) is 0 Å². The van der Waals surface area contributed by atoms with Crippen LogP contribution in [0.15, 0.2) is 42.5 Å². The Morgan fingerprint density at radius 3 is 2.55 bits per heavy atom. The summed E-state index contributed by atoms with van der Waals surface area (Å²) in [5.41, 5.74) is 3.05. The number of carbonyl (C=O) groups excluding carboxylic acids is 1. The first-order valence-corrected chi connectivity index (χ1v) is 13.0. The van der Waals surface area contributed by atoms with Crippen molar-refractivity contribution in [1.82, 2.24) is 9.62 Å². The first-order valence-electron chi connectivity index (χ1n) is 10.6. The molecule has 1 N–H and O–H groups in total. The second kappa shape index (κ2) is 9.49. The third kappa shape index (κ3) is 5.25. The molecule has 166 valence electrons. The van der Waals surface area contributed by atoms with Crippen molar-refractivity contribution >= 4 is 39.1 Å². The Bertz CT molecular complexity index is 1070. The Balaban J connectivity index is 1.34. The number of rotatable bonds is 5.